The Bertz CT molecular complexity index is 1240. The highest BCUT2D eigenvalue weighted by atomic mass is 16.2. The number of rotatable bonds is 6. The molecule has 6 heteroatoms. The van der Waals surface area contributed by atoms with E-state index in [0.29, 0.717) is 17.4 Å². The molecule has 1 saturated heterocycles. The first-order chi connectivity index (χ1) is 16.7. The van der Waals surface area contributed by atoms with E-state index >= 15 is 0 Å². The topological polar surface area (TPSA) is 71.0 Å². The van der Waals surface area contributed by atoms with Gasteiger partial charge in [0.1, 0.15) is 0 Å². The van der Waals surface area contributed by atoms with E-state index in [-0.39, 0.29) is 5.91 Å². The molecule has 1 N–H and O–H groups in total. The monoisotopic (exact) mass is 449 g/mol. The van der Waals surface area contributed by atoms with Crippen LogP contribution in [0.2, 0.25) is 0 Å². The van der Waals surface area contributed by atoms with Crippen LogP contribution in [0, 0.1) is 0 Å². The van der Waals surface area contributed by atoms with E-state index in [0.717, 1.165) is 49.4 Å². The quantitative estimate of drug-likeness (QED) is 0.437. The van der Waals surface area contributed by atoms with Crippen LogP contribution >= 0.6 is 0 Å². The summed E-state index contributed by atoms with van der Waals surface area (Å²) in [7, 11) is 0. The second-order valence-corrected chi connectivity index (χ2v) is 8.56. The largest absolute Gasteiger partial charge is 0.339 e. The third-order valence-electron chi connectivity index (χ3n) is 6.19. The van der Waals surface area contributed by atoms with Gasteiger partial charge in [0.2, 0.25) is 5.95 Å². The number of hydrogen-bond donors (Lipinski definition) is 1. The highest BCUT2D eigenvalue weighted by molar-refractivity contribution is 5.95. The molecule has 1 amide bonds. The number of nitrogens with zero attached hydrogens (tertiary/aromatic N) is 4. The number of hydrogen-bond acceptors (Lipinski definition) is 5. The fraction of sp³-hybridized carbons (Fsp3) is 0.214. The number of amides is 1. The number of aromatic nitrogens is 3. The van der Waals surface area contributed by atoms with Crippen LogP contribution in [-0.2, 0) is 6.42 Å². The lowest BCUT2D eigenvalue weighted by Crippen LogP contribution is -2.38. The van der Waals surface area contributed by atoms with Gasteiger partial charge in [0.05, 0.1) is 0 Å². The summed E-state index contributed by atoms with van der Waals surface area (Å²) in [5.41, 5.74) is 4.96. The zero-order chi connectivity index (χ0) is 23.2. The molecule has 0 radical (unpaired) electrons. The number of pyridine rings is 1. The molecule has 0 spiro atoms. The Hall–Kier alpha value is -4.06. The number of piperidine rings is 1. The Morgan fingerprint density at radius 2 is 1.65 bits per heavy atom. The molecular weight excluding hydrogens is 422 g/mol. The van der Waals surface area contributed by atoms with Crippen LogP contribution < -0.4 is 5.32 Å². The summed E-state index contributed by atoms with van der Waals surface area (Å²) < 4.78 is 0. The maximum absolute atomic E-state index is 13.2. The average Bonchev–Trinajstić information content (AvgIpc) is 2.90. The highest BCUT2D eigenvalue weighted by Crippen LogP contribution is 2.28. The molecule has 1 aliphatic rings. The van der Waals surface area contributed by atoms with Crippen molar-refractivity contribution in [3.05, 3.63) is 114 Å². The van der Waals surface area contributed by atoms with E-state index in [9.17, 15) is 4.79 Å². The first-order valence-corrected chi connectivity index (χ1v) is 11.7. The van der Waals surface area contributed by atoms with Gasteiger partial charge in [-0.3, -0.25) is 9.78 Å². The maximum atomic E-state index is 13.2. The minimum atomic E-state index is 0.0573. The van der Waals surface area contributed by atoms with Crippen molar-refractivity contribution < 1.29 is 4.79 Å². The SMILES string of the molecule is O=C(c1cccc(Nc2ncccn2)c1)N1CCC(c2cccc(Cc3ccccc3)n2)CC1. The van der Waals surface area contributed by atoms with Crippen molar-refractivity contribution in [2.75, 3.05) is 18.4 Å². The van der Waals surface area contributed by atoms with E-state index in [1.807, 2.05) is 35.2 Å². The molecule has 6 nitrogen and oxygen atoms in total. The fourth-order valence-electron chi connectivity index (χ4n) is 4.41. The van der Waals surface area contributed by atoms with Crippen LogP contribution in [-0.4, -0.2) is 38.8 Å². The molecule has 34 heavy (non-hydrogen) atoms. The summed E-state index contributed by atoms with van der Waals surface area (Å²) in [4.78, 5) is 28.4. The number of likely N-dealkylation sites (tertiary alicyclic amines) is 1. The number of anilines is 2. The van der Waals surface area contributed by atoms with Crippen LogP contribution in [0.25, 0.3) is 0 Å². The summed E-state index contributed by atoms with van der Waals surface area (Å²) in [6.07, 6.45) is 6.04. The van der Waals surface area contributed by atoms with Crippen molar-refractivity contribution in [3.8, 4) is 0 Å². The summed E-state index contributed by atoms with van der Waals surface area (Å²) in [5.74, 6) is 0.944. The first-order valence-electron chi connectivity index (χ1n) is 11.7. The summed E-state index contributed by atoms with van der Waals surface area (Å²) in [6.45, 7) is 1.46. The van der Waals surface area contributed by atoms with Gasteiger partial charge >= 0.3 is 0 Å². The van der Waals surface area contributed by atoms with Gasteiger partial charge < -0.3 is 10.2 Å². The lowest BCUT2D eigenvalue weighted by molar-refractivity contribution is 0.0712. The third-order valence-corrected chi connectivity index (χ3v) is 6.19. The molecule has 2 aromatic carbocycles. The van der Waals surface area contributed by atoms with Gasteiger partial charge in [-0.25, -0.2) is 9.97 Å². The molecule has 5 rings (SSSR count). The van der Waals surface area contributed by atoms with Gasteiger partial charge in [0, 0.05) is 60.5 Å². The van der Waals surface area contributed by atoms with Crippen molar-refractivity contribution in [3.63, 3.8) is 0 Å². The Morgan fingerprint density at radius 3 is 2.44 bits per heavy atom. The van der Waals surface area contributed by atoms with Crippen LogP contribution in [0.3, 0.4) is 0 Å². The molecule has 0 saturated carbocycles. The molecule has 0 unspecified atom stereocenters. The molecule has 4 aromatic rings. The molecule has 3 heterocycles. The average molecular weight is 450 g/mol. The Labute approximate surface area is 199 Å². The van der Waals surface area contributed by atoms with Crippen molar-refractivity contribution in [2.45, 2.75) is 25.2 Å². The van der Waals surface area contributed by atoms with Crippen molar-refractivity contribution in [1.82, 2.24) is 19.9 Å². The Kier molecular flexibility index (Phi) is 6.56. The van der Waals surface area contributed by atoms with Gasteiger partial charge in [0.25, 0.3) is 5.91 Å². The molecule has 2 aromatic heterocycles. The second-order valence-electron chi connectivity index (χ2n) is 8.56. The van der Waals surface area contributed by atoms with Crippen LogP contribution in [0.1, 0.15) is 46.1 Å². The summed E-state index contributed by atoms with van der Waals surface area (Å²) in [5, 5.41) is 3.15. The second kappa shape index (κ2) is 10.3. The molecule has 0 atom stereocenters. The van der Waals surface area contributed by atoms with Crippen molar-refractivity contribution in [1.29, 1.82) is 0 Å². The summed E-state index contributed by atoms with van der Waals surface area (Å²) >= 11 is 0. The zero-order valence-electron chi connectivity index (χ0n) is 19.0. The molecule has 170 valence electrons. The van der Waals surface area contributed by atoms with Gasteiger partial charge in [-0.15, -0.1) is 0 Å². The van der Waals surface area contributed by atoms with E-state index in [2.05, 4.69) is 57.7 Å². The number of carbonyl (C=O) groups is 1. The smallest absolute Gasteiger partial charge is 0.253 e. The molecule has 1 aliphatic heterocycles. The molecule has 1 fully saturated rings. The van der Waals surface area contributed by atoms with Gasteiger partial charge in [-0.05, 0) is 54.8 Å². The fourth-order valence-corrected chi connectivity index (χ4v) is 4.41. The Morgan fingerprint density at radius 1 is 0.882 bits per heavy atom. The number of benzene rings is 2. The van der Waals surface area contributed by atoms with E-state index in [4.69, 9.17) is 4.98 Å². The molecule has 0 bridgehead atoms. The van der Waals surface area contributed by atoms with E-state index in [1.54, 1.807) is 18.5 Å². The minimum absolute atomic E-state index is 0.0573. The predicted octanol–water partition coefficient (Wildman–Crippen LogP) is 5.23. The van der Waals surface area contributed by atoms with E-state index in [1.165, 1.54) is 5.56 Å². The normalized spacial score (nSPS) is 14.1. The molecule has 0 aliphatic carbocycles. The standard InChI is InChI=1S/C28H27N5O/c34-27(23-9-4-10-25(20-23)32-28-29-15-6-16-30-28)33-17-13-22(14-18-33)26-12-5-11-24(31-26)19-21-7-2-1-3-8-21/h1-12,15-16,20,22H,13-14,17-19H2,(H,29,30,32). The minimum Gasteiger partial charge on any atom is -0.339 e. The Balaban J connectivity index is 1.20. The van der Waals surface area contributed by atoms with Crippen molar-refractivity contribution in [2.24, 2.45) is 0 Å². The lowest BCUT2D eigenvalue weighted by Gasteiger charge is -2.32. The van der Waals surface area contributed by atoms with Crippen LogP contribution in [0.15, 0.2) is 91.3 Å². The zero-order valence-corrected chi connectivity index (χ0v) is 19.0. The third kappa shape index (κ3) is 5.29. The van der Waals surface area contributed by atoms with Gasteiger partial charge in [-0.2, -0.15) is 0 Å². The number of nitrogens with one attached hydrogen (secondary N) is 1. The number of carbonyl (C=O) groups excluding carboxylic acids is 1. The lowest BCUT2D eigenvalue weighted by atomic mass is 9.92. The van der Waals surface area contributed by atoms with Gasteiger partial charge in [0.15, 0.2) is 0 Å². The van der Waals surface area contributed by atoms with Crippen LogP contribution in [0.5, 0.6) is 0 Å². The first kappa shape index (κ1) is 21.8. The van der Waals surface area contributed by atoms with Crippen LogP contribution in [0.4, 0.5) is 11.6 Å². The van der Waals surface area contributed by atoms with Crippen molar-refractivity contribution >= 4 is 17.5 Å². The maximum Gasteiger partial charge on any atom is 0.253 e. The highest BCUT2D eigenvalue weighted by Gasteiger charge is 2.25. The molecular formula is C28H27N5O. The van der Waals surface area contributed by atoms with Gasteiger partial charge in [-0.1, -0.05) is 42.5 Å². The van der Waals surface area contributed by atoms with E-state index < -0.39 is 0 Å². The summed E-state index contributed by atoms with van der Waals surface area (Å²) in [6, 6.07) is 26.0. The predicted molar refractivity (Wildman–Crippen MR) is 133 cm³/mol.